The Hall–Kier alpha value is -1.98. The van der Waals surface area contributed by atoms with Gasteiger partial charge in [-0.25, -0.2) is 13.6 Å². The van der Waals surface area contributed by atoms with Crippen molar-refractivity contribution in [3.63, 3.8) is 0 Å². The molecule has 0 saturated heterocycles. The summed E-state index contributed by atoms with van der Waals surface area (Å²) in [5.74, 6) is -4.29. The molecule has 1 N–H and O–H groups in total. The van der Waals surface area contributed by atoms with Crippen molar-refractivity contribution in [2.24, 2.45) is 5.92 Å². The van der Waals surface area contributed by atoms with Crippen molar-refractivity contribution in [3.8, 4) is 0 Å². The summed E-state index contributed by atoms with van der Waals surface area (Å²) < 4.78 is 26.2. The maximum atomic E-state index is 13.1. The van der Waals surface area contributed by atoms with Crippen molar-refractivity contribution in [2.75, 3.05) is 11.9 Å². The molecule has 6 heteroatoms. The molecular weight excluding hydrogens is 280 g/mol. The molecule has 0 bridgehead atoms. The van der Waals surface area contributed by atoms with Crippen molar-refractivity contribution in [1.29, 1.82) is 0 Å². The van der Waals surface area contributed by atoms with E-state index in [9.17, 15) is 18.4 Å². The summed E-state index contributed by atoms with van der Waals surface area (Å²) >= 11 is 0. The fourth-order valence-corrected chi connectivity index (χ4v) is 2.52. The first kappa shape index (κ1) is 15.4. The fraction of sp³-hybridized carbons (Fsp3) is 0.467. The molecule has 114 valence electrons. The molecule has 4 nitrogen and oxygen atoms in total. The molecule has 1 aromatic rings. The second-order valence-corrected chi connectivity index (χ2v) is 5.38. The number of rotatable bonds is 3. The van der Waals surface area contributed by atoms with Crippen LogP contribution in [-0.4, -0.2) is 30.0 Å². The molecule has 1 saturated carbocycles. The van der Waals surface area contributed by atoms with Crippen LogP contribution in [0.5, 0.6) is 0 Å². The average Bonchev–Trinajstić information content (AvgIpc) is 2.46. The molecule has 1 fully saturated rings. The lowest BCUT2D eigenvalue weighted by Crippen LogP contribution is -2.37. The third-order valence-corrected chi connectivity index (χ3v) is 3.90. The number of hydrogen-bond acceptors (Lipinski definition) is 2. The number of benzene rings is 1. The van der Waals surface area contributed by atoms with Crippen LogP contribution >= 0.6 is 0 Å². The van der Waals surface area contributed by atoms with Gasteiger partial charge in [-0.05, 0) is 37.1 Å². The van der Waals surface area contributed by atoms with Crippen molar-refractivity contribution < 1.29 is 23.5 Å². The van der Waals surface area contributed by atoms with Gasteiger partial charge in [0.05, 0.1) is 5.56 Å². The Morgan fingerprint density at radius 2 is 1.71 bits per heavy atom. The molecule has 0 spiro atoms. The van der Waals surface area contributed by atoms with Crippen molar-refractivity contribution in [1.82, 2.24) is 0 Å². The van der Waals surface area contributed by atoms with Gasteiger partial charge in [-0.1, -0.05) is 0 Å². The van der Waals surface area contributed by atoms with Crippen LogP contribution in [0.4, 0.5) is 14.5 Å². The van der Waals surface area contributed by atoms with Gasteiger partial charge < -0.3 is 10.0 Å². The number of amides is 1. The number of carboxylic acids is 1. The first-order valence-corrected chi connectivity index (χ1v) is 6.79. The Kier molecular flexibility index (Phi) is 4.25. The van der Waals surface area contributed by atoms with Gasteiger partial charge in [0.1, 0.15) is 0 Å². The average molecular weight is 297 g/mol. The largest absolute Gasteiger partial charge is 0.478 e. The van der Waals surface area contributed by atoms with Crippen molar-refractivity contribution >= 4 is 17.6 Å². The predicted molar refractivity (Wildman–Crippen MR) is 73.7 cm³/mol. The molecule has 21 heavy (non-hydrogen) atoms. The van der Waals surface area contributed by atoms with Crippen molar-refractivity contribution in [3.05, 3.63) is 29.8 Å². The van der Waals surface area contributed by atoms with Crippen LogP contribution in [0.2, 0.25) is 0 Å². The maximum Gasteiger partial charge on any atom is 0.335 e. The molecule has 0 heterocycles. The van der Waals surface area contributed by atoms with E-state index in [4.69, 9.17) is 5.11 Å². The zero-order chi connectivity index (χ0) is 15.6. The van der Waals surface area contributed by atoms with Gasteiger partial charge in [-0.2, -0.15) is 0 Å². The van der Waals surface area contributed by atoms with Crippen LogP contribution < -0.4 is 4.90 Å². The van der Waals surface area contributed by atoms with Crippen LogP contribution in [0, 0.1) is 5.92 Å². The molecule has 0 aromatic heterocycles. The lowest BCUT2D eigenvalue weighted by molar-refractivity contribution is -0.126. The Balaban J connectivity index is 2.04. The number of hydrogen-bond donors (Lipinski definition) is 1. The molecule has 0 atom stereocenters. The molecule has 1 aliphatic carbocycles. The number of anilines is 1. The van der Waals surface area contributed by atoms with E-state index in [1.165, 1.54) is 17.0 Å². The summed E-state index contributed by atoms with van der Waals surface area (Å²) in [5.41, 5.74) is 0.694. The zero-order valence-electron chi connectivity index (χ0n) is 11.7. The zero-order valence-corrected chi connectivity index (χ0v) is 11.7. The van der Waals surface area contributed by atoms with Gasteiger partial charge in [-0.15, -0.1) is 0 Å². The smallest absolute Gasteiger partial charge is 0.335 e. The predicted octanol–water partition coefficient (Wildman–Crippen LogP) is 3.17. The van der Waals surface area contributed by atoms with Gasteiger partial charge in [0.25, 0.3) is 0 Å². The summed E-state index contributed by atoms with van der Waals surface area (Å²) in [6.07, 6.45) is -0.142. The van der Waals surface area contributed by atoms with E-state index in [0.717, 1.165) is 0 Å². The van der Waals surface area contributed by atoms with Gasteiger partial charge in [0, 0.05) is 31.5 Å². The number of carbonyl (C=O) groups excluding carboxylic acids is 1. The summed E-state index contributed by atoms with van der Waals surface area (Å²) in [7, 11) is 1.57. The molecule has 0 unspecified atom stereocenters. The van der Waals surface area contributed by atoms with Gasteiger partial charge >= 0.3 is 5.97 Å². The third kappa shape index (κ3) is 3.56. The SMILES string of the molecule is CN(C(=O)C1CCC(F)(F)CC1)c1ccc(C(=O)O)cc1. The third-order valence-electron chi connectivity index (χ3n) is 3.90. The van der Waals surface area contributed by atoms with Crippen LogP contribution in [0.1, 0.15) is 36.0 Å². The second-order valence-electron chi connectivity index (χ2n) is 5.38. The quantitative estimate of drug-likeness (QED) is 0.932. The summed E-state index contributed by atoms with van der Waals surface area (Å²) in [6, 6.07) is 5.91. The van der Waals surface area contributed by atoms with E-state index in [1.807, 2.05) is 0 Å². The van der Waals surface area contributed by atoms with Crippen LogP contribution in [0.25, 0.3) is 0 Å². The number of carboxylic acid groups (broad SMARTS) is 1. The van der Waals surface area contributed by atoms with E-state index < -0.39 is 17.8 Å². The van der Waals surface area contributed by atoms with E-state index in [2.05, 4.69) is 0 Å². The van der Waals surface area contributed by atoms with E-state index in [1.54, 1.807) is 19.2 Å². The number of aromatic carboxylic acids is 1. The Morgan fingerprint density at radius 3 is 2.19 bits per heavy atom. The minimum Gasteiger partial charge on any atom is -0.478 e. The first-order chi connectivity index (χ1) is 9.80. The number of halogens is 2. The molecule has 2 rings (SSSR count). The van der Waals surface area contributed by atoms with Crippen LogP contribution in [0.15, 0.2) is 24.3 Å². The standard InChI is InChI=1S/C15H17F2NO3/c1-18(12-4-2-11(3-5-12)14(20)21)13(19)10-6-8-15(16,17)9-7-10/h2-5,10H,6-9H2,1H3,(H,20,21). The van der Waals surface area contributed by atoms with Gasteiger partial charge in [0.2, 0.25) is 11.8 Å². The number of alkyl halides is 2. The highest BCUT2D eigenvalue weighted by Gasteiger charge is 2.38. The fourth-order valence-electron chi connectivity index (χ4n) is 2.52. The second kappa shape index (κ2) is 5.79. The number of nitrogens with zero attached hydrogens (tertiary/aromatic N) is 1. The summed E-state index contributed by atoms with van der Waals surface area (Å²) in [6.45, 7) is 0. The Bertz CT molecular complexity index is 532. The van der Waals surface area contributed by atoms with E-state index in [-0.39, 0.29) is 37.2 Å². The highest BCUT2D eigenvalue weighted by molar-refractivity contribution is 5.95. The highest BCUT2D eigenvalue weighted by atomic mass is 19.3. The van der Waals surface area contributed by atoms with Gasteiger partial charge in [0.15, 0.2) is 0 Å². The number of carbonyl (C=O) groups is 2. The van der Waals surface area contributed by atoms with Crippen LogP contribution in [0.3, 0.4) is 0 Å². The molecule has 1 aromatic carbocycles. The Morgan fingerprint density at radius 1 is 1.19 bits per heavy atom. The summed E-state index contributed by atoms with van der Waals surface area (Å²) in [4.78, 5) is 24.5. The van der Waals surface area contributed by atoms with E-state index in [0.29, 0.717) is 5.69 Å². The summed E-state index contributed by atoms with van der Waals surface area (Å²) in [5, 5.41) is 8.82. The normalized spacial score (nSPS) is 18.2. The van der Waals surface area contributed by atoms with E-state index >= 15 is 0 Å². The minimum atomic E-state index is -2.65. The monoisotopic (exact) mass is 297 g/mol. The molecule has 0 radical (unpaired) electrons. The lowest BCUT2D eigenvalue weighted by atomic mass is 9.86. The van der Waals surface area contributed by atoms with Gasteiger partial charge in [-0.3, -0.25) is 4.79 Å². The minimum absolute atomic E-state index is 0.136. The lowest BCUT2D eigenvalue weighted by Gasteiger charge is -2.30. The van der Waals surface area contributed by atoms with Crippen molar-refractivity contribution in [2.45, 2.75) is 31.6 Å². The maximum absolute atomic E-state index is 13.1. The molecule has 0 aliphatic heterocycles. The molecular formula is C15H17F2NO3. The Labute approximate surface area is 121 Å². The topological polar surface area (TPSA) is 57.6 Å². The highest BCUT2D eigenvalue weighted by Crippen LogP contribution is 2.37. The van der Waals surface area contributed by atoms with Crippen LogP contribution in [-0.2, 0) is 4.79 Å². The molecule has 1 amide bonds. The molecule has 1 aliphatic rings. The first-order valence-electron chi connectivity index (χ1n) is 6.79.